The smallest absolute Gasteiger partial charge is 0.258 e. The van der Waals surface area contributed by atoms with Crippen molar-refractivity contribution in [2.45, 2.75) is 57.0 Å². The molecule has 0 aromatic carbocycles. The fourth-order valence-electron chi connectivity index (χ4n) is 1.88. The van der Waals surface area contributed by atoms with E-state index in [0.717, 1.165) is 18.4 Å². The van der Waals surface area contributed by atoms with E-state index in [9.17, 15) is 8.42 Å². The average Bonchev–Trinajstić information content (AvgIpc) is 2.46. The molecular formula is C14H25N3O2S. The molecule has 0 radical (unpaired) electrons. The molecule has 0 aliphatic heterocycles. The van der Waals surface area contributed by atoms with Crippen LogP contribution in [-0.4, -0.2) is 19.9 Å². The molecule has 0 bridgehead atoms. The van der Waals surface area contributed by atoms with Gasteiger partial charge in [-0.05, 0) is 18.1 Å². The van der Waals surface area contributed by atoms with E-state index in [1.807, 2.05) is 0 Å². The van der Waals surface area contributed by atoms with Gasteiger partial charge in [0, 0.05) is 19.3 Å². The number of nitrogens with one attached hydrogen (secondary N) is 1. The number of nitrogens with two attached hydrogens (primary N) is 1. The molecule has 0 spiro atoms. The molecule has 1 aromatic rings. The highest BCUT2D eigenvalue weighted by Gasteiger charge is 2.14. The Bertz CT molecular complexity index is 472. The molecule has 1 rings (SSSR count). The first-order valence-corrected chi connectivity index (χ1v) is 8.73. The number of rotatable bonds is 10. The fourth-order valence-corrected chi connectivity index (χ4v) is 2.88. The molecule has 20 heavy (non-hydrogen) atoms. The van der Waals surface area contributed by atoms with Crippen LogP contribution in [0.5, 0.6) is 0 Å². The Morgan fingerprint density at radius 3 is 2.45 bits per heavy atom. The van der Waals surface area contributed by atoms with Gasteiger partial charge in [0.15, 0.2) is 5.03 Å². The predicted octanol–water partition coefficient (Wildman–Crippen LogP) is 2.18. The Kier molecular flexibility index (Phi) is 7.72. The summed E-state index contributed by atoms with van der Waals surface area (Å²) in [5.41, 5.74) is 6.27. The van der Waals surface area contributed by atoms with Gasteiger partial charge in [0.1, 0.15) is 0 Å². The van der Waals surface area contributed by atoms with Crippen LogP contribution in [0.4, 0.5) is 0 Å². The summed E-state index contributed by atoms with van der Waals surface area (Å²) in [5.74, 6) is 0. The normalized spacial score (nSPS) is 11.7. The molecular weight excluding hydrogens is 274 g/mol. The molecule has 114 valence electrons. The topological polar surface area (TPSA) is 85.1 Å². The summed E-state index contributed by atoms with van der Waals surface area (Å²) in [6.45, 7) is 3.00. The van der Waals surface area contributed by atoms with Crippen molar-refractivity contribution < 1.29 is 8.42 Å². The summed E-state index contributed by atoms with van der Waals surface area (Å²) >= 11 is 0. The Morgan fingerprint density at radius 2 is 1.85 bits per heavy atom. The second-order valence-electron chi connectivity index (χ2n) is 4.87. The molecule has 0 saturated heterocycles. The van der Waals surface area contributed by atoms with Crippen LogP contribution in [-0.2, 0) is 16.6 Å². The van der Waals surface area contributed by atoms with Crippen molar-refractivity contribution in [3.8, 4) is 0 Å². The second-order valence-corrected chi connectivity index (χ2v) is 6.59. The molecule has 5 nitrogen and oxygen atoms in total. The van der Waals surface area contributed by atoms with E-state index in [1.165, 1.54) is 37.9 Å². The lowest BCUT2D eigenvalue weighted by molar-refractivity contribution is 0.564. The van der Waals surface area contributed by atoms with Crippen molar-refractivity contribution in [1.29, 1.82) is 0 Å². The summed E-state index contributed by atoms with van der Waals surface area (Å²) in [6.07, 6.45) is 8.29. The van der Waals surface area contributed by atoms with E-state index in [-0.39, 0.29) is 5.03 Å². The van der Waals surface area contributed by atoms with Gasteiger partial charge in [-0.25, -0.2) is 18.1 Å². The molecule has 0 fully saturated rings. The number of aromatic nitrogens is 1. The maximum atomic E-state index is 12.0. The first-order chi connectivity index (χ1) is 9.60. The molecule has 3 N–H and O–H groups in total. The minimum atomic E-state index is -3.48. The number of unbranched alkanes of at least 4 members (excludes halogenated alkanes) is 5. The van der Waals surface area contributed by atoms with Gasteiger partial charge in [0.2, 0.25) is 0 Å². The third-order valence-corrected chi connectivity index (χ3v) is 4.51. The summed E-state index contributed by atoms with van der Waals surface area (Å²) in [5, 5.41) is 0.0562. The minimum absolute atomic E-state index is 0.0562. The van der Waals surface area contributed by atoms with Crippen LogP contribution >= 0.6 is 0 Å². The third-order valence-electron chi connectivity index (χ3n) is 3.13. The van der Waals surface area contributed by atoms with Gasteiger partial charge >= 0.3 is 0 Å². The quantitative estimate of drug-likeness (QED) is 0.648. The molecule has 0 amide bonds. The van der Waals surface area contributed by atoms with Crippen LogP contribution in [0.2, 0.25) is 0 Å². The predicted molar refractivity (Wildman–Crippen MR) is 80.7 cm³/mol. The Hall–Kier alpha value is -0.980. The first-order valence-electron chi connectivity index (χ1n) is 7.25. The number of nitrogens with zero attached hydrogens (tertiary/aromatic N) is 1. The van der Waals surface area contributed by atoms with Gasteiger partial charge in [0.25, 0.3) is 10.0 Å². The molecule has 0 aliphatic carbocycles. The number of hydrogen-bond donors (Lipinski definition) is 2. The number of pyridine rings is 1. The molecule has 0 atom stereocenters. The van der Waals surface area contributed by atoms with Gasteiger partial charge in [-0.15, -0.1) is 0 Å². The van der Waals surface area contributed by atoms with Crippen molar-refractivity contribution in [3.05, 3.63) is 23.9 Å². The van der Waals surface area contributed by atoms with Crippen LogP contribution in [0.3, 0.4) is 0 Å². The lowest BCUT2D eigenvalue weighted by Gasteiger charge is -2.06. The van der Waals surface area contributed by atoms with Gasteiger partial charge in [0.05, 0.1) is 0 Å². The lowest BCUT2D eigenvalue weighted by Crippen LogP contribution is -2.25. The molecule has 0 saturated carbocycles. The highest BCUT2D eigenvalue weighted by molar-refractivity contribution is 7.89. The number of sulfonamides is 1. The van der Waals surface area contributed by atoms with E-state index in [0.29, 0.717) is 13.1 Å². The summed E-state index contributed by atoms with van der Waals surface area (Å²) < 4.78 is 26.5. The SMILES string of the molecule is CCCCCCCCNS(=O)(=O)c1ccc(CN)cn1. The monoisotopic (exact) mass is 299 g/mol. The van der Waals surface area contributed by atoms with E-state index >= 15 is 0 Å². The van der Waals surface area contributed by atoms with E-state index in [2.05, 4.69) is 16.6 Å². The Morgan fingerprint density at radius 1 is 1.15 bits per heavy atom. The van der Waals surface area contributed by atoms with Crippen molar-refractivity contribution in [2.75, 3.05) is 6.54 Å². The summed E-state index contributed by atoms with van der Waals surface area (Å²) in [6, 6.07) is 3.18. The second kappa shape index (κ2) is 9.05. The molecule has 0 unspecified atom stereocenters. The molecule has 1 heterocycles. The van der Waals surface area contributed by atoms with Crippen LogP contribution in [0.25, 0.3) is 0 Å². The van der Waals surface area contributed by atoms with Gasteiger partial charge in [-0.3, -0.25) is 0 Å². The first kappa shape index (κ1) is 17.1. The standard InChI is InChI=1S/C14H25N3O2S/c1-2-3-4-5-6-7-10-17-20(18,19)14-9-8-13(11-15)12-16-14/h8-9,12,17H,2-7,10-11,15H2,1H3. The minimum Gasteiger partial charge on any atom is -0.326 e. The molecule has 1 aromatic heterocycles. The zero-order valence-corrected chi connectivity index (χ0v) is 13.0. The van der Waals surface area contributed by atoms with E-state index in [1.54, 1.807) is 6.07 Å². The third kappa shape index (κ3) is 5.98. The van der Waals surface area contributed by atoms with Crippen LogP contribution in [0.15, 0.2) is 23.4 Å². The van der Waals surface area contributed by atoms with Crippen LogP contribution in [0, 0.1) is 0 Å². The molecule has 6 heteroatoms. The number of hydrogen-bond acceptors (Lipinski definition) is 4. The average molecular weight is 299 g/mol. The molecule has 0 aliphatic rings. The largest absolute Gasteiger partial charge is 0.326 e. The van der Waals surface area contributed by atoms with Gasteiger partial charge < -0.3 is 5.73 Å². The van der Waals surface area contributed by atoms with Crippen molar-refractivity contribution in [1.82, 2.24) is 9.71 Å². The van der Waals surface area contributed by atoms with Crippen molar-refractivity contribution >= 4 is 10.0 Å². The Balaban J connectivity index is 2.33. The lowest BCUT2D eigenvalue weighted by atomic mass is 10.1. The highest BCUT2D eigenvalue weighted by atomic mass is 32.2. The van der Waals surface area contributed by atoms with Crippen molar-refractivity contribution in [3.63, 3.8) is 0 Å². The van der Waals surface area contributed by atoms with Crippen LogP contribution < -0.4 is 10.5 Å². The maximum Gasteiger partial charge on any atom is 0.258 e. The van der Waals surface area contributed by atoms with Crippen molar-refractivity contribution in [2.24, 2.45) is 5.73 Å². The fraction of sp³-hybridized carbons (Fsp3) is 0.643. The maximum absolute atomic E-state index is 12.0. The highest BCUT2D eigenvalue weighted by Crippen LogP contribution is 2.07. The zero-order valence-electron chi connectivity index (χ0n) is 12.1. The summed E-state index contributed by atoms with van der Waals surface area (Å²) in [4.78, 5) is 3.93. The van der Waals surface area contributed by atoms with Gasteiger partial charge in [-0.2, -0.15) is 0 Å². The summed E-state index contributed by atoms with van der Waals surface area (Å²) in [7, 11) is -3.48. The van der Waals surface area contributed by atoms with Gasteiger partial charge in [-0.1, -0.05) is 45.1 Å². The van der Waals surface area contributed by atoms with E-state index in [4.69, 9.17) is 5.73 Å². The Labute approximate surface area is 122 Å². The van der Waals surface area contributed by atoms with E-state index < -0.39 is 10.0 Å². The zero-order chi connectivity index (χ0) is 14.8. The van der Waals surface area contributed by atoms with Crippen LogP contribution in [0.1, 0.15) is 51.0 Å².